The zero-order valence-corrected chi connectivity index (χ0v) is 13.6. The molecule has 1 saturated heterocycles. The number of nitrogens with two attached hydrogens (primary N) is 1. The Morgan fingerprint density at radius 3 is 2.33 bits per heavy atom. The minimum Gasteiger partial charge on any atom is -0.396 e. The van der Waals surface area contributed by atoms with Gasteiger partial charge in [0.1, 0.15) is 6.54 Å². The van der Waals surface area contributed by atoms with Crippen LogP contribution in [0.15, 0.2) is 0 Å². The Balaban J connectivity index is 1.89. The van der Waals surface area contributed by atoms with E-state index in [-0.39, 0.29) is 12.5 Å². The van der Waals surface area contributed by atoms with E-state index in [1.807, 2.05) is 18.7 Å². The van der Waals surface area contributed by atoms with E-state index < -0.39 is 0 Å². The number of nitrogens with zero attached hydrogens (tertiary/aromatic N) is 4. The smallest absolute Gasteiger partial charge is 0.244 e. The minimum atomic E-state index is 0.129. The second kappa shape index (κ2) is 6.47. The molecular weight excluding hydrogens is 266 g/mol. The van der Waals surface area contributed by atoms with Gasteiger partial charge in [-0.15, -0.1) is 0 Å². The molecule has 1 aliphatic rings. The molecule has 0 atom stereocenters. The lowest BCUT2D eigenvalue weighted by atomic mass is 10.2. The fraction of sp³-hybridized carbons (Fsp3) is 0.733. The average Bonchev–Trinajstić information content (AvgIpc) is 2.66. The van der Waals surface area contributed by atoms with Gasteiger partial charge in [0.25, 0.3) is 0 Å². The van der Waals surface area contributed by atoms with Crippen LogP contribution in [0.2, 0.25) is 0 Å². The first-order chi connectivity index (χ1) is 9.88. The molecule has 0 spiro atoms. The van der Waals surface area contributed by atoms with Gasteiger partial charge >= 0.3 is 0 Å². The van der Waals surface area contributed by atoms with Crippen LogP contribution < -0.4 is 5.73 Å². The summed E-state index contributed by atoms with van der Waals surface area (Å²) in [6.45, 7) is 13.2. The van der Waals surface area contributed by atoms with E-state index in [0.717, 1.165) is 44.1 Å². The van der Waals surface area contributed by atoms with E-state index in [9.17, 15) is 4.79 Å². The molecule has 118 valence electrons. The molecule has 1 amide bonds. The van der Waals surface area contributed by atoms with Gasteiger partial charge in [-0.25, -0.2) is 0 Å². The number of hydrogen-bond acceptors (Lipinski definition) is 4. The van der Waals surface area contributed by atoms with Crippen molar-refractivity contribution in [1.82, 2.24) is 19.6 Å². The summed E-state index contributed by atoms with van der Waals surface area (Å²) >= 11 is 0. The number of rotatable bonds is 4. The number of anilines is 1. The maximum absolute atomic E-state index is 12.4. The van der Waals surface area contributed by atoms with Crippen molar-refractivity contribution in [1.29, 1.82) is 0 Å². The normalized spacial score (nSPS) is 16.7. The van der Waals surface area contributed by atoms with Gasteiger partial charge in [0.2, 0.25) is 5.91 Å². The fourth-order valence-electron chi connectivity index (χ4n) is 2.79. The third kappa shape index (κ3) is 3.75. The number of aromatic nitrogens is 2. The maximum Gasteiger partial charge on any atom is 0.244 e. The molecule has 2 rings (SSSR count). The van der Waals surface area contributed by atoms with Gasteiger partial charge in [0.15, 0.2) is 0 Å². The van der Waals surface area contributed by atoms with Crippen molar-refractivity contribution in [3.05, 3.63) is 11.4 Å². The highest BCUT2D eigenvalue weighted by Gasteiger charge is 2.22. The molecule has 1 fully saturated rings. The van der Waals surface area contributed by atoms with Gasteiger partial charge in [-0.2, -0.15) is 5.10 Å². The Hall–Kier alpha value is -1.56. The van der Waals surface area contributed by atoms with E-state index >= 15 is 0 Å². The Bertz CT molecular complexity index is 500. The second-order valence-electron chi connectivity index (χ2n) is 6.32. The average molecular weight is 293 g/mol. The van der Waals surface area contributed by atoms with Crippen molar-refractivity contribution < 1.29 is 4.79 Å². The van der Waals surface area contributed by atoms with Crippen LogP contribution in [-0.2, 0) is 11.3 Å². The molecule has 0 bridgehead atoms. The lowest BCUT2D eigenvalue weighted by Gasteiger charge is -2.35. The summed E-state index contributed by atoms with van der Waals surface area (Å²) in [5.41, 5.74) is 8.26. The van der Waals surface area contributed by atoms with Crippen LogP contribution in [0.4, 0.5) is 5.69 Å². The van der Waals surface area contributed by atoms with E-state index in [1.54, 1.807) is 4.68 Å². The molecule has 0 aromatic carbocycles. The monoisotopic (exact) mass is 293 g/mol. The highest BCUT2D eigenvalue weighted by molar-refractivity contribution is 5.76. The predicted molar refractivity (Wildman–Crippen MR) is 84.0 cm³/mol. The highest BCUT2D eigenvalue weighted by atomic mass is 16.2. The molecule has 6 heteroatoms. The largest absolute Gasteiger partial charge is 0.396 e. The van der Waals surface area contributed by atoms with Crippen molar-refractivity contribution in [2.75, 3.05) is 38.5 Å². The van der Waals surface area contributed by atoms with Gasteiger partial charge in [-0.05, 0) is 19.8 Å². The summed E-state index contributed by atoms with van der Waals surface area (Å²) in [7, 11) is 0. The fourth-order valence-corrected chi connectivity index (χ4v) is 2.79. The predicted octanol–water partition coefficient (Wildman–Crippen LogP) is 0.882. The van der Waals surface area contributed by atoms with E-state index in [0.29, 0.717) is 11.6 Å². The zero-order chi connectivity index (χ0) is 15.6. The Morgan fingerprint density at radius 1 is 1.24 bits per heavy atom. The molecular formula is C15H27N5O. The van der Waals surface area contributed by atoms with Gasteiger partial charge in [0, 0.05) is 32.7 Å². The number of aryl methyl sites for hydroxylation is 1. The van der Waals surface area contributed by atoms with Crippen molar-refractivity contribution in [2.24, 2.45) is 5.92 Å². The minimum absolute atomic E-state index is 0.129. The van der Waals surface area contributed by atoms with Crippen LogP contribution in [0, 0.1) is 19.8 Å². The highest BCUT2D eigenvalue weighted by Crippen LogP contribution is 2.15. The molecule has 1 aromatic heterocycles. The lowest BCUT2D eigenvalue weighted by molar-refractivity contribution is -0.133. The summed E-state index contributed by atoms with van der Waals surface area (Å²) in [6, 6.07) is 0. The molecule has 1 aromatic rings. The molecule has 6 nitrogen and oxygen atoms in total. The topological polar surface area (TPSA) is 67.4 Å². The molecule has 21 heavy (non-hydrogen) atoms. The zero-order valence-electron chi connectivity index (χ0n) is 13.6. The second-order valence-corrected chi connectivity index (χ2v) is 6.32. The van der Waals surface area contributed by atoms with Crippen LogP contribution in [-0.4, -0.2) is 58.2 Å². The summed E-state index contributed by atoms with van der Waals surface area (Å²) in [5.74, 6) is 0.801. The van der Waals surface area contributed by atoms with Crippen LogP contribution in [0.5, 0.6) is 0 Å². The van der Waals surface area contributed by atoms with E-state index in [1.165, 1.54) is 0 Å². The Labute approximate surface area is 126 Å². The summed E-state index contributed by atoms with van der Waals surface area (Å²) in [4.78, 5) is 16.7. The van der Waals surface area contributed by atoms with Crippen molar-refractivity contribution >= 4 is 11.6 Å². The van der Waals surface area contributed by atoms with Crippen molar-refractivity contribution in [3.63, 3.8) is 0 Å². The van der Waals surface area contributed by atoms with Crippen LogP contribution in [0.25, 0.3) is 0 Å². The third-order valence-electron chi connectivity index (χ3n) is 4.07. The van der Waals surface area contributed by atoms with Crippen LogP contribution in [0.3, 0.4) is 0 Å². The lowest BCUT2D eigenvalue weighted by Crippen LogP contribution is -2.50. The number of hydrogen-bond donors (Lipinski definition) is 1. The van der Waals surface area contributed by atoms with Gasteiger partial charge < -0.3 is 10.6 Å². The van der Waals surface area contributed by atoms with E-state index in [2.05, 4.69) is 23.8 Å². The first-order valence-corrected chi connectivity index (χ1v) is 7.68. The molecule has 2 heterocycles. The van der Waals surface area contributed by atoms with Crippen LogP contribution in [0.1, 0.15) is 25.2 Å². The number of nitrogen functional groups attached to an aromatic ring is 1. The van der Waals surface area contributed by atoms with Crippen molar-refractivity contribution in [2.45, 2.75) is 34.2 Å². The molecule has 0 aliphatic carbocycles. The van der Waals surface area contributed by atoms with Crippen molar-refractivity contribution in [3.8, 4) is 0 Å². The number of carbonyl (C=O) groups excluding carboxylic acids is 1. The van der Waals surface area contributed by atoms with Crippen LogP contribution >= 0.6 is 0 Å². The summed E-state index contributed by atoms with van der Waals surface area (Å²) < 4.78 is 1.72. The number of amides is 1. The molecule has 0 radical (unpaired) electrons. The van der Waals surface area contributed by atoms with Gasteiger partial charge in [-0.3, -0.25) is 14.4 Å². The standard InChI is InChI=1S/C15H27N5O/c1-11(2)9-18-5-7-19(8-6-18)14(21)10-20-13(4)15(16)12(3)17-20/h11H,5-10,16H2,1-4H3. The SMILES string of the molecule is Cc1nn(CC(=O)N2CCN(CC(C)C)CC2)c(C)c1N. The number of piperazine rings is 1. The molecule has 0 saturated carbocycles. The quantitative estimate of drug-likeness (QED) is 0.895. The van der Waals surface area contributed by atoms with Gasteiger partial charge in [0.05, 0.1) is 17.1 Å². The molecule has 1 aliphatic heterocycles. The third-order valence-corrected chi connectivity index (χ3v) is 4.07. The first-order valence-electron chi connectivity index (χ1n) is 7.68. The molecule has 0 unspecified atom stereocenters. The Morgan fingerprint density at radius 2 is 1.86 bits per heavy atom. The molecule has 2 N–H and O–H groups in total. The van der Waals surface area contributed by atoms with E-state index in [4.69, 9.17) is 5.73 Å². The summed E-state index contributed by atoms with van der Waals surface area (Å²) in [6.07, 6.45) is 0. The summed E-state index contributed by atoms with van der Waals surface area (Å²) in [5, 5.41) is 4.33. The Kier molecular flexibility index (Phi) is 4.88. The first kappa shape index (κ1) is 15.8. The number of carbonyl (C=O) groups is 1. The van der Waals surface area contributed by atoms with Gasteiger partial charge in [-0.1, -0.05) is 13.8 Å². The maximum atomic E-state index is 12.4.